The van der Waals surface area contributed by atoms with E-state index in [-0.39, 0.29) is 29.4 Å². The normalized spacial score (nSPS) is 15.6. The Labute approximate surface area is 179 Å². The Hall–Kier alpha value is -1.57. The van der Waals surface area contributed by atoms with Crippen LogP contribution in [0.1, 0.15) is 48.8 Å². The summed E-state index contributed by atoms with van der Waals surface area (Å²) in [5.74, 6) is 1.80. The lowest BCUT2D eigenvalue weighted by Crippen LogP contribution is -2.42. The van der Waals surface area contributed by atoms with Gasteiger partial charge in [0.1, 0.15) is 5.76 Å². The van der Waals surface area contributed by atoms with Gasteiger partial charge in [0.2, 0.25) is 0 Å². The molecule has 1 heterocycles. The third-order valence-corrected chi connectivity index (χ3v) is 5.43. The molecule has 3 rings (SSSR count). The van der Waals surface area contributed by atoms with Crippen LogP contribution in [0.15, 0.2) is 39.8 Å². The van der Waals surface area contributed by atoms with Gasteiger partial charge in [0.25, 0.3) is 0 Å². The summed E-state index contributed by atoms with van der Waals surface area (Å²) in [5.41, 5.74) is 3.80. The maximum absolute atomic E-state index is 5.24. The zero-order valence-corrected chi connectivity index (χ0v) is 18.9. The second-order valence-corrected chi connectivity index (χ2v) is 7.17. The summed E-state index contributed by atoms with van der Waals surface area (Å²) in [6, 6.07) is 10.8. The van der Waals surface area contributed by atoms with Crippen molar-refractivity contribution in [3.8, 4) is 0 Å². The lowest BCUT2D eigenvalue weighted by Gasteiger charge is -2.41. The van der Waals surface area contributed by atoms with E-state index in [0.717, 1.165) is 43.5 Å². The Morgan fingerprint density at radius 3 is 2.48 bits per heavy atom. The van der Waals surface area contributed by atoms with Crippen LogP contribution in [0.5, 0.6) is 0 Å². The number of hydrogen-bond acceptors (Lipinski definition) is 3. The van der Waals surface area contributed by atoms with Crippen molar-refractivity contribution in [2.24, 2.45) is 4.99 Å². The fourth-order valence-electron chi connectivity index (χ4n) is 3.67. The van der Waals surface area contributed by atoms with Crippen molar-refractivity contribution in [3.05, 3.63) is 52.9 Å². The van der Waals surface area contributed by atoms with Crippen LogP contribution in [0.25, 0.3) is 0 Å². The summed E-state index contributed by atoms with van der Waals surface area (Å²) in [4.78, 5) is 4.90. The van der Waals surface area contributed by atoms with Crippen molar-refractivity contribution in [2.75, 3.05) is 19.6 Å². The minimum absolute atomic E-state index is 0. The summed E-state index contributed by atoms with van der Waals surface area (Å²) in [7, 11) is 0. The van der Waals surface area contributed by atoms with E-state index in [9.17, 15) is 0 Å². The highest BCUT2D eigenvalue weighted by Crippen LogP contribution is 2.43. The van der Waals surface area contributed by atoms with Gasteiger partial charge < -0.3 is 15.2 Å². The van der Waals surface area contributed by atoms with Gasteiger partial charge in [0.15, 0.2) is 5.96 Å². The summed E-state index contributed by atoms with van der Waals surface area (Å²) < 4.78 is 5.24. The average Bonchev–Trinajstić information content (AvgIpc) is 2.93. The molecule has 0 amide bonds. The number of halogens is 1. The molecule has 0 spiro atoms. The van der Waals surface area contributed by atoms with Gasteiger partial charge in [0.05, 0.1) is 12.2 Å². The lowest BCUT2D eigenvalue weighted by molar-refractivity contribution is 0.253. The SMILES string of the molecule is CCNC(=NCC1(c2ccccc2)CCC1)NCCc1c(C)noc1C.I. The van der Waals surface area contributed by atoms with Crippen LogP contribution in [0, 0.1) is 13.8 Å². The zero-order chi connectivity index (χ0) is 18.4. The molecular weight excluding hydrogens is 451 g/mol. The van der Waals surface area contributed by atoms with Crippen molar-refractivity contribution >= 4 is 29.9 Å². The number of aliphatic imine (C=N–C) groups is 1. The molecule has 5 nitrogen and oxygen atoms in total. The molecule has 27 heavy (non-hydrogen) atoms. The molecule has 1 aromatic carbocycles. The summed E-state index contributed by atoms with van der Waals surface area (Å²) in [5, 5.41) is 10.8. The molecular formula is C21H31IN4O. The van der Waals surface area contributed by atoms with Gasteiger partial charge in [-0.1, -0.05) is 41.9 Å². The zero-order valence-electron chi connectivity index (χ0n) is 16.5. The van der Waals surface area contributed by atoms with E-state index < -0.39 is 0 Å². The predicted molar refractivity (Wildman–Crippen MR) is 121 cm³/mol. The van der Waals surface area contributed by atoms with E-state index in [1.807, 2.05) is 13.8 Å². The minimum Gasteiger partial charge on any atom is -0.361 e. The first kappa shape index (κ1) is 21.7. The second-order valence-electron chi connectivity index (χ2n) is 7.17. The van der Waals surface area contributed by atoms with Crippen molar-refractivity contribution in [2.45, 2.75) is 51.9 Å². The molecule has 0 aliphatic heterocycles. The molecule has 2 aromatic rings. The summed E-state index contributed by atoms with van der Waals surface area (Å²) >= 11 is 0. The minimum atomic E-state index is 0. The van der Waals surface area contributed by atoms with Crippen molar-refractivity contribution in [1.29, 1.82) is 0 Å². The van der Waals surface area contributed by atoms with Crippen molar-refractivity contribution in [3.63, 3.8) is 0 Å². The van der Waals surface area contributed by atoms with E-state index in [4.69, 9.17) is 9.52 Å². The fraction of sp³-hybridized carbons (Fsp3) is 0.524. The Bertz CT molecular complexity index is 718. The molecule has 6 heteroatoms. The topological polar surface area (TPSA) is 62.5 Å². The van der Waals surface area contributed by atoms with Gasteiger partial charge in [0, 0.05) is 24.1 Å². The lowest BCUT2D eigenvalue weighted by atomic mass is 9.64. The van der Waals surface area contributed by atoms with Crippen LogP contribution >= 0.6 is 24.0 Å². The largest absolute Gasteiger partial charge is 0.361 e. The summed E-state index contributed by atoms with van der Waals surface area (Å²) in [6.07, 6.45) is 4.62. The number of guanidine groups is 1. The molecule has 1 aliphatic carbocycles. The third-order valence-electron chi connectivity index (χ3n) is 5.43. The Morgan fingerprint density at radius 1 is 1.19 bits per heavy atom. The maximum Gasteiger partial charge on any atom is 0.191 e. The van der Waals surface area contributed by atoms with E-state index in [0.29, 0.717) is 0 Å². The predicted octanol–water partition coefficient (Wildman–Crippen LogP) is 4.13. The number of rotatable bonds is 7. The molecule has 0 bridgehead atoms. The molecule has 1 aromatic heterocycles. The van der Waals surface area contributed by atoms with E-state index in [2.05, 4.69) is 53.0 Å². The number of nitrogens with zero attached hydrogens (tertiary/aromatic N) is 2. The van der Waals surface area contributed by atoms with Crippen LogP contribution in [-0.2, 0) is 11.8 Å². The van der Waals surface area contributed by atoms with Gasteiger partial charge in [-0.15, -0.1) is 24.0 Å². The van der Waals surface area contributed by atoms with Crippen LogP contribution in [0.3, 0.4) is 0 Å². The Kier molecular flexibility index (Phi) is 8.13. The first-order chi connectivity index (χ1) is 12.6. The van der Waals surface area contributed by atoms with Crippen LogP contribution in [0.4, 0.5) is 0 Å². The number of aromatic nitrogens is 1. The van der Waals surface area contributed by atoms with Gasteiger partial charge in [-0.3, -0.25) is 4.99 Å². The highest BCUT2D eigenvalue weighted by atomic mass is 127. The highest BCUT2D eigenvalue weighted by molar-refractivity contribution is 14.0. The van der Waals surface area contributed by atoms with E-state index in [1.165, 1.54) is 30.4 Å². The Balaban J connectivity index is 0.00000261. The van der Waals surface area contributed by atoms with E-state index in [1.54, 1.807) is 0 Å². The van der Waals surface area contributed by atoms with Crippen molar-refractivity contribution in [1.82, 2.24) is 15.8 Å². The molecule has 0 saturated heterocycles. The van der Waals surface area contributed by atoms with Crippen molar-refractivity contribution < 1.29 is 4.52 Å². The van der Waals surface area contributed by atoms with Gasteiger partial charge >= 0.3 is 0 Å². The monoisotopic (exact) mass is 482 g/mol. The summed E-state index contributed by atoms with van der Waals surface area (Å²) in [6.45, 7) is 8.56. The van der Waals surface area contributed by atoms with Crippen LogP contribution in [0.2, 0.25) is 0 Å². The molecule has 1 saturated carbocycles. The average molecular weight is 482 g/mol. The van der Waals surface area contributed by atoms with Gasteiger partial charge in [-0.2, -0.15) is 0 Å². The van der Waals surface area contributed by atoms with Crippen LogP contribution in [-0.4, -0.2) is 30.8 Å². The number of nitrogens with one attached hydrogen (secondary N) is 2. The molecule has 1 aliphatic rings. The van der Waals surface area contributed by atoms with Gasteiger partial charge in [-0.05, 0) is 45.6 Å². The first-order valence-electron chi connectivity index (χ1n) is 9.64. The molecule has 0 atom stereocenters. The van der Waals surface area contributed by atoms with Gasteiger partial charge in [-0.25, -0.2) is 0 Å². The standard InChI is InChI=1S/C21H30N4O.HI/c1-4-22-20(23-14-11-19-16(2)25-26-17(19)3)24-15-21(12-8-13-21)18-9-6-5-7-10-18;/h5-7,9-10H,4,8,11-15H2,1-3H3,(H2,22,23,24);1H. The smallest absolute Gasteiger partial charge is 0.191 e. The molecule has 148 valence electrons. The molecule has 0 unspecified atom stereocenters. The van der Waals surface area contributed by atoms with Crippen LogP contribution < -0.4 is 10.6 Å². The third kappa shape index (κ3) is 5.24. The van der Waals surface area contributed by atoms with E-state index >= 15 is 0 Å². The number of benzene rings is 1. The number of aryl methyl sites for hydroxylation is 2. The maximum atomic E-state index is 5.24. The first-order valence-corrected chi connectivity index (χ1v) is 9.64. The number of hydrogen-bond donors (Lipinski definition) is 2. The highest BCUT2D eigenvalue weighted by Gasteiger charge is 2.38. The molecule has 0 radical (unpaired) electrons. The molecule has 2 N–H and O–H groups in total. The quantitative estimate of drug-likeness (QED) is 0.354. The Morgan fingerprint density at radius 2 is 1.93 bits per heavy atom. The second kappa shape index (κ2) is 10.1. The fourth-order valence-corrected chi connectivity index (χ4v) is 3.67. The molecule has 1 fully saturated rings.